The second-order valence-corrected chi connectivity index (χ2v) is 5.52. The highest BCUT2D eigenvalue weighted by molar-refractivity contribution is 7.85. The molecule has 0 aromatic heterocycles. The van der Waals surface area contributed by atoms with Crippen molar-refractivity contribution in [1.29, 1.82) is 0 Å². The van der Waals surface area contributed by atoms with Gasteiger partial charge in [0.2, 0.25) is 5.91 Å². The standard InChI is InChI=1S/C9H20N2O2S/c1-4-5-11-8(12)6-14(13)7-9(2,3)10/h4-7,10H2,1-3H3,(H,11,12). The number of nitrogens with one attached hydrogen (secondary N) is 1. The fraction of sp³-hybridized carbons (Fsp3) is 0.889. The Balaban J connectivity index is 3.78. The third kappa shape index (κ3) is 8.19. The molecule has 0 fully saturated rings. The van der Waals surface area contributed by atoms with Gasteiger partial charge in [0.1, 0.15) is 5.75 Å². The second kappa shape index (κ2) is 6.14. The van der Waals surface area contributed by atoms with Crippen LogP contribution in [0, 0.1) is 0 Å². The van der Waals surface area contributed by atoms with Crippen LogP contribution in [0.5, 0.6) is 0 Å². The molecule has 0 bridgehead atoms. The van der Waals surface area contributed by atoms with E-state index in [1.807, 2.05) is 6.92 Å². The van der Waals surface area contributed by atoms with E-state index < -0.39 is 16.3 Å². The summed E-state index contributed by atoms with van der Waals surface area (Å²) >= 11 is 0. The van der Waals surface area contributed by atoms with Crippen LogP contribution in [-0.2, 0) is 15.6 Å². The van der Waals surface area contributed by atoms with Crippen LogP contribution >= 0.6 is 0 Å². The highest BCUT2D eigenvalue weighted by Crippen LogP contribution is 1.99. The molecule has 0 aliphatic carbocycles. The summed E-state index contributed by atoms with van der Waals surface area (Å²) in [6.07, 6.45) is 0.890. The summed E-state index contributed by atoms with van der Waals surface area (Å²) in [7, 11) is -1.16. The molecule has 0 saturated heterocycles. The molecule has 4 nitrogen and oxygen atoms in total. The van der Waals surface area contributed by atoms with E-state index in [1.165, 1.54) is 0 Å². The van der Waals surface area contributed by atoms with E-state index in [4.69, 9.17) is 5.73 Å². The molecule has 0 aromatic rings. The molecule has 0 aromatic carbocycles. The Labute approximate surface area is 88.1 Å². The van der Waals surface area contributed by atoms with Crippen molar-refractivity contribution >= 4 is 16.7 Å². The average Bonchev–Trinajstić information content (AvgIpc) is 1.96. The second-order valence-electron chi connectivity index (χ2n) is 4.07. The Morgan fingerprint density at radius 3 is 2.50 bits per heavy atom. The van der Waals surface area contributed by atoms with Crippen molar-refractivity contribution < 1.29 is 9.00 Å². The van der Waals surface area contributed by atoms with E-state index in [0.29, 0.717) is 12.3 Å². The van der Waals surface area contributed by atoms with Crippen molar-refractivity contribution in [3.8, 4) is 0 Å². The van der Waals surface area contributed by atoms with Gasteiger partial charge in [0, 0.05) is 28.6 Å². The minimum absolute atomic E-state index is 0.0562. The van der Waals surface area contributed by atoms with Crippen LogP contribution in [0.1, 0.15) is 27.2 Å². The maximum atomic E-state index is 11.4. The Morgan fingerprint density at radius 1 is 1.50 bits per heavy atom. The molecule has 84 valence electrons. The van der Waals surface area contributed by atoms with Crippen molar-refractivity contribution in [3.05, 3.63) is 0 Å². The zero-order chi connectivity index (χ0) is 11.2. The number of carbonyl (C=O) groups is 1. The van der Waals surface area contributed by atoms with E-state index in [9.17, 15) is 9.00 Å². The molecule has 5 heteroatoms. The lowest BCUT2D eigenvalue weighted by molar-refractivity contribution is -0.118. The van der Waals surface area contributed by atoms with Gasteiger partial charge in [0.15, 0.2) is 0 Å². The lowest BCUT2D eigenvalue weighted by Gasteiger charge is -2.17. The molecular formula is C9H20N2O2S. The molecule has 0 radical (unpaired) electrons. The van der Waals surface area contributed by atoms with Crippen LogP contribution in [0.4, 0.5) is 0 Å². The molecule has 0 aliphatic heterocycles. The molecule has 0 saturated carbocycles. The predicted molar refractivity (Wildman–Crippen MR) is 59.4 cm³/mol. The van der Waals surface area contributed by atoms with Gasteiger partial charge in [-0.05, 0) is 20.3 Å². The van der Waals surface area contributed by atoms with Crippen LogP contribution in [0.15, 0.2) is 0 Å². The summed E-state index contributed by atoms with van der Waals surface area (Å²) in [4.78, 5) is 11.2. The van der Waals surface area contributed by atoms with Crippen molar-refractivity contribution in [2.45, 2.75) is 32.7 Å². The number of nitrogens with two attached hydrogens (primary N) is 1. The summed E-state index contributed by atoms with van der Waals surface area (Å²) in [5.74, 6) is 0.252. The highest BCUT2D eigenvalue weighted by atomic mass is 32.2. The molecule has 14 heavy (non-hydrogen) atoms. The average molecular weight is 220 g/mol. The van der Waals surface area contributed by atoms with E-state index in [1.54, 1.807) is 13.8 Å². The van der Waals surface area contributed by atoms with E-state index in [2.05, 4.69) is 5.32 Å². The molecule has 3 N–H and O–H groups in total. The fourth-order valence-electron chi connectivity index (χ4n) is 0.928. The molecule has 0 aliphatic rings. The zero-order valence-corrected chi connectivity index (χ0v) is 9.95. The van der Waals surface area contributed by atoms with Crippen LogP contribution in [0.25, 0.3) is 0 Å². The monoisotopic (exact) mass is 220 g/mol. The summed E-state index contributed by atoms with van der Waals surface area (Å²) in [6, 6.07) is 0. The normalized spacial score (nSPS) is 13.7. The van der Waals surface area contributed by atoms with Gasteiger partial charge in [-0.1, -0.05) is 6.92 Å². The number of rotatable bonds is 6. The van der Waals surface area contributed by atoms with Crippen molar-refractivity contribution in [1.82, 2.24) is 5.32 Å². The number of carbonyl (C=O) groups excluding carboxylic acids is 1. The molecule has 0 spiro atoms. The summed E-state index contributed by atoms with van der Waals surface area (Å²) < 4.78 is 11.4. The molecule has 1 atom stereocenters. The summed E-state index contributed by atoms with van der Waals surface area (Å²) in [5, 5.41) is 2.68. The van der Waals surface area contributed by atoms with Gasteiger partial charge >= 0.3 is 0 Å². The van der Waals surface area contributed by atoms with E-state index >= 15 is 0 Å². The quantitative estimate of drug-likeness (QED) is 0.662. The van der Waals surface area contributed by atoms with Crippen molar-refractivity contribution in [3.63, 3.8) is 0 Å². The Hall–Kier alpha value is -0.420. The minimum atomic E-state index is -1.16. The Kier molecular flexibility index (Phi) is 5.95. The first kappa shape index (κ1) is 13.6. The maximum Gasteiger partial charge on any atom is 0.232 e. The largest absolute Gasteiger partial charge is 0.355 e. The topological polar surface area (TPSA) is 72.2 Å². The van der Waals surface area contributed by atoms with E-state index in [-0.39, 0.29) is 11.7 Å². The number of amides is 1. The molecule has 0 rings (SSSR count). The zero-order valence-electron chi connectivity index (χ0n) is 9.13. The van der Waals surface area contributed by atoms with Crippen molar-refractivity contribution in [2.24, 2.45) is 5.73 Å². The van der Waals surface area contributed by atoms with Crippen LogP contribution in [-0.4, -0.2) is 33.7 Å². The fourth-order valence-corrected chi connectivity index (χ4v) is 2.25. The van der Waals surface area contributed by atoms with Gasteiger partial charge in [-0.15, -0.1) is 0 Å². The Bertz CT molecular complexity index is 211. The maximum absolute atomic E-state index is 11.4. The van der Waals surface area contributed by atoms with Crippen molar-refractivity contribution in [2.75, 3.05) is 18.1 Å². The molecular weight excluding hydrogens is 200 g/mol. The molecule has 1 amide bonds. The first-order valence-electron chi connectivity index (χ1n) is 4.75. The number of hydrogen-bond acceptors (Lipinski definition) is 3. The highest BCUT2D eigenvalue weighted by Gasteiger charge is 2.17. The molecule has 0 heterocycles. The van der Waals surface area contributed by atoms with Gasteiger partial charge in [-0.25, -0.2) is 0 Å². The molecule has 1 unspecified atom stereocenters. The smallest absolute Gasteiger partial charge is 0.232 e. The lowest BCUT2D eigenvalue weighted by atomic mass is 10.1. The first-order chi connectivity index (χ1) is 6.35. The minimum Gasteiger partial charge on any atom is -0.355 e. The first-order valence-corrected chi connectivity index (χ1v) is 6.24. The predicted octanol–water partition coefficient (Wildman–Crippen LogP) is -0.00140. The van der Waals surface area contributed by atoms with E-state index in [0.717, 1.165) is 6.42 Å². The van der Waals surface area contributed by atoms with Crippen LogP contribution in [0.3, 0.4) is 0 Å². The van der Waals surface area contributed by atoms with Gasteiger partial charge < -0.3 is 11.1 Å². The van der Waals surface area contributed by atoms with Crippen LogP contribution < -0.4 is 11.1 Å². The van der Waals surface area contributed by atoms with Gasteiger partial charge in [-0.2, -0.15) is 0 Å². The third-order valence-corrected chi connectivity index (χ3v) is 3.05. The summed E-state index contributed by atoms with van der Waals surface area (Å²) in [5.41, 5.74) is 5.21. The third-order valence-electron chi connectivity index (χ3n) is 1.40. The lowest BCUT2D eigenvalue weighted by Crippen LogP contribution is -2.40. The SMILES string of the molecule is CCCNC(=O)CS(=O)CC(C)(C)N. The van der Waals surface area contributed by atoms with Crippen LogP contribution in [0.2, 0.25) is 0 Å². The van der Waals surface area contributed by atoms with Gasteiger partial charge in [0.05, 0.1) is 0 Å². The van der Waals surface area contributed by atoms with Gasteiger partial charge in [0.25, 0.3) is 0 Å². The number of hydrogen-bond donors (Lipinski definition) is 2. The van der Waals surface area contributed by atoms with Gasteiger partial charge in [-0.3, -0.25) is 9.00 Å². The Morgan fingerprint density at radius 2 is 2.07 bits per heavy atom. The summed E-state index contributed by atoms with van der Waals surface area (Å²) in [6.45, 7) is 6.21.